The molecule has 0 bridgehead atoms. The number of carbonyl (C=O) groups excluding carboxylic acids is 2. The zero-order valence-corrected chi connectivity index (χ0v) is 12.6. The topological polar surface area (TPSA) is 78.4 Å². The number of aliphatic hydroxyl groups excluding tert-OH is 1. The number of nitrogens with one attached hydrogen (secondary N) is 2. The van der Waals surface area contributed by atoms with E-state index in [4.69, 9.17) is 5.11 Å². The molecule has 1 atom stereocenters. The number of rotatable bonds is 6. The van der Waals surface area contributed by atoms with Crippen LogP contribution in [0.3, 0.4) is 0 Å². The molecule has 0 saturated heterocycles. The molecule has 0 radical (unpaired) electrons. The molecule has 0 aliphatic heterocycles. The Bertz CT molecular complexity index is 547. The van der Waals surface area contributed by atoms with E-state index in [2.05, 4.69) is 10.6 Å². The summed E-state index contributed by atoms with van der Waals surface area (Å²) in [5, 5.41) is 13.4. The number of amides is 2. The van der Waals surface area contributed by atoms with Crippen LogP contribution >= 0.6 is 0 Å². The summed E-state index contributed by atoms with van der Waals surface area (Å²) >= 11 is 0. The largest absolute Gasteiger partial charge is 0.396 e. The van der Waals surface area contributed by atoms with Gasteiger partial charge in [0.15, 0.2) is 0 Å². The molecule has 1 unspecified atom stereocenters. The van der Waals surface area contributed by atoms with Gasteiger partial charge < -0.3 is 15.7 Å². The minimum Gasteiger partial charge on any atom is -0.396 e. The Morgan fingerprint density at radius 3 is 2.57 bits per heavy atom. The van der Waals surface area contributed by atoms with E-state index >= 15 is 0 Å². The van der Waals surface area contributed by atoms with Gasteiger partial charge in [0.1, 0.15) is 0 Å². The zero-order valence-electron chi connectivity index (χ0n) is 12.6. The minimum atomic E-state index is -4.34. The molecule has 3 N–H and O–H groups in total. The van der Waals surface area contributed by atoms with Gasteiger partial charge in [0.05, 0.1) is 6.42 Å². The molecular weight excluding hydrogens is 313 g/mol. The fraction of sp³-hybridized carbons (Fsp3) is 0.467. The Labute approximate surface area is 131 Å². The Hall–Kier alpha value is -2.09. The summed E-state index contributed by atoms with van der Waals surface area (Å²) in [5.74, 6) is -1.83. The summed E-state index contributed by atoms with van der Waals surface area (Å²) in [6.45, 7) is 2.01. The highest BCUT2D eigenvalue weighted by atomic mass is 19.4. The Morgan fingerprint density at radius 2 is 1.96 bits per heavy atom. The molecule has 2 amide bonds. The van der Waals surface area contributed by atoms with Crippen molar-refractivity contribution in [3.05, 3.63) is 29.8 Å². The smallest absolute Gasteiger partial charge is 0.393 e. The van der Waals surface area contributed by atoms with Gasteiger partial charge in [-0.3, -0.25) is 9.59 Å². The number of alkyl halides is 3. The van der Waals surface area contributed by atoms with Crippen LogP contribution in [0.2, 0.25) is 0 Å². The maximum atomic E-state index is 12.3. The van der Waals surface area contributed by atoms with E-state index < -0.39 is 24.4 Å². The Balaban J connectivity index is 2.56. The van der Waals surface area contributed by atoms with E-state index in [0.29, 0.717) is 6.42 Å². The van der Waals surface area contributed by atoms with E-state index in [1.54, 1.807) is 6.92 Å². The fourth-order valence-electron chi connectivity index (χ4n) is 1.85. The highest BCUT2D eigenvalue weighted by molar-refractivity contribution is 6.39. The highest BCUT2D eigenvalue weighted by Crippen LogP contribution is 2.22. The van der Waals surface area contributed by atoms with Gasteiger partial charge in [0.25, 0.3) is 0 Å². The van der Waals surface area contributed by atoms with Crippen molar-refractivity contribution in [3.63, 3.8) is 0 Å². The van der Waals surface area contributed by atoms with Crippen molar-refractivity contribution in [2.75, 3.05) is 18.5 Å². The molecule has 8 heteroatoms. The molecule has 5 nitrogen and oxygen atoms in total. The number of hydrogen-bond acceptors (Lipinski definition) is 3. The first-order valence-corrected chi connectivity index (χ1v) is 7.07. The summed E-state index contributed by atoms with van der Waals surface area (Å²) in [6, 6.07) is 5.24. The van der Waals surface area contributed by atoms with Gasteiger partial charge in [-0.1, -0.05) is 19.1 Å². The van der Waals surface area contributed by atoms with Crippen LogP contribution in [0.25, 0.3) is 0 Å². The summed E-state index contributed by atoms with van der Waals surface area (Å²) in [5.41, 5.74) is 0.114. The molecule has 1 aromatic carbocycles. The number of halogens is 3. The second-order valence-corrected chi connectivity index (χ2v) is 5.27. The van der Waals surface area contributed by atoms with Gasteiger partial charge in [0.2, 0.25) is 0 Å². The van der Waals surface area contributed by atoms with E-state index in [1.165, 1.54) is 24.3 Å². The van der Waals surface area contributed by atoms with Crippen LogP contribution in [0.4, 0.5) is 18.9 Å². The van der Waals surface area contributed by atoms with Crippen LogP contribution in [-0.2, 0) is 16.0 Å². The minimum absolute atomic E-state index is 0.00636. The Morgan fingerprint density at radius 1 is 1.26 bits per heavy atom. The van der Waals surface area contributed by atoms with Gasteiger partial charge in [0, 0.05) is 18.8 Å². The SMILES string of the molecule is CC(CCO)CNC(=O)C(=O)Nc1cccc(CC(F)(F)F)c1. The highest BCUT2D eigenvalue weighted by Gasteiger charge is 2.27. The third kappa shape index (κ3) is 7.64. The average Bonchev–Trinajstić information content (AvgIpc) is 2.43. The number of hydrogen-bond donors (Lipinski definition) is 3. The van der Waals surface area contributed by atoms with Crippen molar-refractivity contribution in [1.82, 2.24) is 5.32 Å². The number of anilines is 1. The van der Waals surface area contributed by atoms with Crippen LogP contribution in [0.1, 0.15) is 18.9 Å². The second-order valence-electron chi connectivity index (χ2n) is 5.27. The lowest BCUT2D eigenvalue weighted by atomic mass is 10.1. The van der Waals surface area contributed by atoms with Crippen molar-refractivity contribution in [1.29, 1.82) is 0 Å². The van der Waals surface area contributed by atoms with Crippen LogP contribution in [-0.4, -0.2) is 36.2 Å². The van der Waals surface area contributed by atoms with Gasteiger partial charge in [-0.15, -0.1) is 0 Å². The van der Waals surface area contributed by atoms with E-state index in [9.17, 15) is 22.8 Å². The molecule has 1 rings (SSSR count). The fourth-order valence-corrected chi connectivity index (χ4v) is 1.85. The van der Waals surface area contributed by atoms with E-state index in [1.807, 2.05) is 0 Å². The monoisotopic (exact) mass is 332 g/mol. The summed E-state index contributed by atoms with van der Waals surface area (Å²) < 4.78 is 37.0. The molecule has 0 heterocycles. The van der Waals surface area contributed by atoms with Gasteiger partial charge >= 0.3 is 18.0 Å². The third-order valence-electron chi connectivity index (χ3n) is 3.03. The van der Waals surface area contributed by atoms with Crippen LogP contribution in [0.15, 0.2) is 24.3 Å². The molecule has 0 aliphatic rings. The van der Waals surface area contributed by atoms with Crippen molar-refractivity contribution < 1.29 is 27.9 Å². The second kappa shape index (κ2) is 8.52. The van der Waals surface area contributed by atoms with Crippen LogP contribution in [0, 0.1) is 5.92 Å². The molecule has 0 aliphatic carbocycles. The first kappa shape index (κ1) is 19.0. The van der Waals surface area contributed by atoms with Crippen molar-refractivity contribution in [3.8, 4) is 0 Å². The lowest BCUT2D eigenvalue weighted by Gasteiger charge is -2.12. The lowest BCUT2D eigenvalue weighted by molar-refractivity contribution is -0.136. The third-order valence-corrected chi connectivity index (χ3v) is 3.03. The normalized spacial score (nSPS) is 12.6. The maximum absolute atomic E-state index is 12.3. The number of aliphatic hydroxyl groups is 1. The van der Waals surface area contributed by atoms with Gasteiger partial charge in [-0.25, -0.2) is 0 Å². The summed E-state index contributed by atoms with van der Waals surface area (Å²) in [6.07, 6.45) is -4.97. The summed E-state index contributed by atoms with van der Waals surface area (Å²) in [7, 11) is 0. The standard InChI is InChI=1S/C15H19F3N2O3/c1-10(5-6-21)9-19-13(22)14(23)20-12-4-2-3-11(7-12)8-15(16,17)18/h2-4,7,10,21H,5-6,8-9H2,1H3,(H,19,22)(H,20,23). The molecular formula is C15H19F3N2O3. The first-order chi connectivity index (χ1) is 10.7. The van der Waals surface area contributed by atoms with Crippen molar-refractivity contribution in [2.24, 2.45) is 5.92 Å². The molecule has 23 heavy (non-hydrogen) atoms. The predicted octanol–water partition coefficient (Wildman–Crippen LogP) is 1.86. The average molecular weight is 332 g/mol. The molecule has 128 valence electrons. The van der Waals surface area contributed by atoms with E-state index in [-0.39, 0.29) is 30.3 Å². The van der Waals surface area contributed by atoms with Gasteiger partial charge in [-0.2, -0.15) is 13.2 Å². The number of benzene rings is 1. The number of carbonyl (C=O) groups is 2. The summed E-state index contributed by atoms with van der Waals surface area (Å²) in [4.78, 5) is 23.3. The van der Waals surface area contributed by atoms with Crippen molar-refractivity contribution >= 4 is 17.5 Å². The first-order valence-electron chi connectivity index (χ1n) is 7.07. The van der Waals surface area contributed by atoms with E-state index in [0.717, 1.165) is 0 Å². The van der Waals surface area contributed by atoms with Crippen molar-refractivity contribution in [2.45, 2.75) is 25.9 Å². The zero-order chi connectivity index (χ0) is 17.5. The quantitative estimate of drug-likeness (QED) is 0.696. The van der Waals surface area contributed by atoms with Crippen LogP contribution < -0.4 is 10.6 Å². The maximum Gasteiger partial charge on any atom is 0.393 e. The lowest BCUT2D eigenvalue weighted by Crippen LogP contribution is -2.37. The molecule has 0 aromatic heterocycles. The van der Waals surface area contributed by atoms with Crippen LogP contribution in [0.5, 0.6) is 0 Å². The molecule has 0 fully saturated rings. The molecule has 0 spiro atoms. The molecule has 0 saturated carbocycles. The predicted molar refractivity (Wildman–Crippen MR) is 78.7 cm³/mol. The Kier molecular flexibility index (Phi) is 7.02. The molecule has 1 aromatic rings. The van der Waals surface area contributed by atoms with Gasteiger partial charge in [-0.05, 0) is 30.0 Å².